The minimum Gasteiger partial charge on any atom is -0.312 e. The van der Waals surface area contributed by atoms with Crippen LogP contribution in [0.3, 0.4) is 0 Å². The van der Waals surface area contributed by atoms with E-state index in [-0.39, 0.29) is 17.3 Å². The number of nitrogens with one attached hydrogen (secondary N) is 1. The summed E-state index contributed by atoms with van der Waals surface area (Å²) < 4.78 is 22.3. The molecule has 126 valence electrons. The number of halogens is 3. The Labute approximate surface area is 152 Å². The van der Waals surface area contributed by atoms with Crippen molar-refractivity contribution in [1.82, 2.24) is 5.32 Å². The fourth-order valence-corrected chi connectivity index (χ4v) is 3.04. The average molecular weight is 396 g/mol. The number of hydrogen-bond acceptors (Lipinski definition) is 3. The van der Waals surface area contributed by atoms with Crippen LogP contribution in [0.25, 0.3) is 0 Å². The molecule has 3 N–H and O–H groups in total. The zero-order chi connectivity index (χ0) is 16.2. The van der Waals surface area contributed by atoms with Gasteiger partial charge in [-0.2, -0.15) is 0 Å². The largest absolute Gasteiger partial charge is 0.312 e. The van der Waals surface area contributed by atoms with E-state index >= 15 is 0 Å². The Bertz CT molecular complexity index is 730. The Morgan fingerprint density at radius 2 is 1.57 bits per heavy atom. The molecule has 0 unspecified atom stereocenters. The first-order valence-electron chi connectivity index (χ1n) is 6.63. The van der Waals surface area contributed by atoms with Crippen LogP contribution in [0.4, 0.5) is 0 Å². The molecule has 0 aliphatic heterocycles. The Morgan fingerprint density at radius 1 is 1.00 bits per heavy atom. The molecular weight excluding hydrogens is 379 g/mol. The molecule has 0 atom stereocenters. The fraction of sp³-hybridized carbons (Fsp3) is 0.200. The van der Waals surface area contributed by atoms with Crippen molar-refractivity contribution >= 4 is 45.6 Å². The van der Waals surface area contributed by atoms with Gasteiger partial charge in [0.2, 0.25) is 10.0 Å². The summed E-state index contributed by atoms with van der Waals surface area (Å²) in [6.07, 6.45) is 0.757. The van der Waals surface area contributed by atoms with E-state index in [4.69, 9.17) is 28.3 Å². The van der Waals surface area contributed by atoms with E-state index in [0.29, 0.717) is 16.6 Å². The van der Waals surface area contributed by atoms with Crippen LogP contribution < -0.4 is 10.5 Å². The predicted molar refractivity (Wildman–Crippen MR) is 96.9 cm³/mol. The van der Waals surface area contributed by atoms with Crippen molar-refractivity contribution in [3.63, 3.8) is 0 Å². The molecular formula is C15H17Cl3N2O2S. The third-order valence-electron chi connectivity index (χ3n) is 3.21. The molecule has 0 aliphatic rings. The van der Waals surface area contributed by atoms with Gasteiger partial charge < -0.3 is 5.32 Å². The maximum Gasteiger partial charge on any atom is 0.238 e. The van der Waals surface area contributed by atoms with Crippen molar-refractivity contribution < 1.29 is 8.42 Å². The number of sulfonamides is 1. The number of benzene rings is 2. The lowest BCUT2D eigenvalue weighted by Gasteiger charge is -2.09. The molecule has 2 aromatic carbocycles. The van der Waals surface area contributed by atoms with Crippen LogP contribution >= 0.6 is 35.6 Å². The average Bonchev–Trinajstić information content (AvgIpc) is 2.45. The Balaban J connectivity index is 0.00000264. The third kappa shape index (κ3) is 5.95. The Morgan fingerprint density at radius 3 is 2.09 bits per heavy atom. The standard InChI is InChI=1S/C15H16Cl2N2O2S.ClH/c16-14-2-1-3-15(17)13(14)10-19-9-8-11-4-6-12(7-5-11)22(18,20)21;/h1-7,19H,8-10H2,(H2,18,20,21);1H. The van der Waals surface area contributed by atoms with Gasteiger partial charge in [-0.3, -0.25) is 0 Å². The molecule has 23 heavy (non-hydrogen) atoms. The molecule has 0 amide bonds. The summed E-state index contributed by atoms with van der Waals surface area (Å²) in [5, 5.41) is 9.59. The van der Waals surface area contributed by atoms with Gasteiger partial charge in [0.05, 0.1) is 4.90 Å². The zero-order valence-electron chi connectivity index (χ0n) is 12.1. The third-order valence-corrected chi connectivity index (χ3v) is 4.84. The summed E-state index contributed by atoms with van der Waals surface area (Å²) in [6.45, 7) is 1.30. The van der Waals surface area contributed by atoms with E-state index in [1.165, 1.54) is 12.1 Å². The highest BCUT2D eigenvalue weighted by molar-refractivity contribution is 7.89. The maximum absolute atomic E-state index is 11.2. The van der Waals surface area contributed by atoms with E-state index in [1.54, 1.807) is 30.3 Å². The van der Waals surface area contributed by atoms with Crippen LogP contribution in [-0.4, -0.2) is 15.0 Å². The van der Waals surface area contributed by atoms with E-state index in [2.05, 4.69) is 5.32 Å². The van der Waals surface area contributed by atoms with Crippen molar-refractivity contribution in [2.75, 3.05) is 6.54 Å². The SMILES string of the molecule is Cl.NS(=O)(=O)c1ccc(CCNCc2c(Cl)cccc2Cl)cc1. The van der Waals surface area contributed by atoms with Crippen LogP contribution in [0, 0.1) is 0 Å². The molecule has 0 fully saturated rings. The molecule has 4 nitrogen and oxygen atoms in total. The Kier molecular flexibility index (Phi) is 7.80. The van der Waals surface area contributed by atoms with Crippen LogP contribution in [0.15, 0.2) is 47.4 Å². The van der Waals surface area contributed by atoms with Crippen LogP contribution in [0.5, 0.6) is 0 Å². The van der Waals surface area contributed by atoms with Crippen molar-refractivity contribution in [1.29, 1.82) is 0 Å². The van der Waals surface area contributed by atoms with E-state index < -0.39 is 10.0 Å². The molecule has 0 heterocycles. The first-order valence-corrected chi connectivity index (χ1v) is 8.93. The van der Waals surface area contributed by atoms with Gasteiger partial charge in [-0.15, -0.1) is 12.4 Å². The number of primary sulfonamides is 1. The minimum atomic E-state index is -3.64. The number of nitrogens with two attached hydrogens (primary N) is 1. The topological polar surface area (TPSA) is 72.2 Å². The van der Waals surface area contributed by atoms with E-state index in [0.717, 1.165) is 24.1 Å². The van der Waals surface area contributed by atoms with Gasteiger partial charge >= 0.3 is 0 Å². The molecule has 0 aromatic heterocycles. The first-order chi connectivity index (χ1) is 10.4. The molecule has 0 saturated carbocycles. The summed E-state index contributed by atoms with van der Waals surface area (Å²) in [7, 11) is -3.64. The van der Waals surface area contributed by atoms with Gasteiger partial charge in [0.1, 0.15) is 0 Å². The van der Waals surface area contributed by atoms with Gasteiger partial charge in [-0.25, -0.2) is 13.6 Å². The van der Waals surface area contributed by atoms with Crippen LogP contribution in [0.2, 0.25) is 10.0 Å². The van der Waals surface area contributed by atoms with Gasteiger partial charge in [0, 0.05) is 22.2 Å². The number of rotatable bonds is 6. The lowest BCUT2D eigenvalue weighted by molar-refractivity contribution is 0.597. The van der Waals surface area contributed by atoms with Crippen molar-refractivity contribution in [3.05, 3.63) is 63.6 Å². The molecule has 2 aromatic rings. The van der Waals surface area contributed by atoms with E-state index in [1.807, 2.05) is 0 Å². The van der Waals surface area contributed by atoms with E-state index in [9.17, 15) is 8.42 Å². The molecule has 0 spiro atoms. The quantitative estimate of drug-likeness (QED) is 0.736. The first kappa shape index (κ1) is 20.2. The minimum absolute atomic E-state index is 0. The molecule has 0 radical (unpaired) electrons. The van der Waals surface area contributed by atoms with Gasteiger partial charge in [-0.05, 0) is 42.8 Å². The summed E-state index contributed by atoms with van der Waals surface area (Å²) in [6, 6.07) is 11.9. The summed E-state index contributed by atoms with van der Waals surface area (Å²) >= 11 is 12.2. The molecule has 0 aliphatic carbocycles. The highest BCUT2D eigenvalue weighted by Crippen LogP contribution is 2.23. The Hall–Kier alpha value is -0.820. The molecule has 2 rings (SSSR count). The second-order valence-corrected chi connectivity index (χ2v) is 7.19. The molecule has 8 heteroatoms. The molecule has 0 saturated heterocycles. The predicted octanol–water partition coefficient (Wildman–Crippen LogP) is 3.39. The van der Waals surface area contributed by atoms with Gasteiger partial charge in [-0.1, -0.05) is 41.4 Å². The smallest absolute Gasteiger partial charge is 0.238 e. The number of hydrogen-bond donors (Lipinski definition) is 2. The zero-order valence-corrected chi connectivity index (χ0v) is 15.3. The van der Waals surface area contributed by atoms with Crippen molar-refractivity contribution in [2.24, 2.45) is 5.14 Å². The van der Waals surface area contributed by atoms with Crippen LogP contribution in [0.1, 0.15) is 11.1 Å². The maximum atomic E-state index is 11.2. The van der Waals surface area contributed by atoms with Gasteiger partial charge in [0.15, 0.2) is 0 Å². The van der Waals surface area contributed by atoms with Crippen molar-refractivity contribution in [2.45, 2.75) is 17.9 Å². The highest BCUT2D eigenvalue weighted by atomic mass is 35.5. The van der Waals surface area contributed by atoms with Gasteiger partial charge in [0.25, 0.3) is 0 Å². The summed E-state index contributed by atoms with van der Waals surface area (Å²) in [4.78, 5) is 0.118. The lowest BCUT2D eigenvalue weighted by atomic mass is 10.1. The molecule has 0 bridgehead atoms. The normalized spacial score (nSPS) is 11.1. The fourth-order valence-electron chi connectivity index (χ4n) is 1.99. The summed E-state index contributed by atoms with van der Waals surface area (Å²) in [5.41, 5.74) is 1.89. The lowest BCUT2D eigenvalue weighted by Crippen LogP contribution is -2.17. The van der Waals surface area contributed by atoms with Crippen molar-refractivity contribution in [3.8, 4) is 0 Å². The second kappa shape index (κ2) is 8.87. The highest BCUT2D eigenvalue weighted by Gasteiger charge is 2.07. The monoisotopic (exact) mass is 394 g/mol. The summed E-state index contributed by atoms with van der Waals surface area (Å²) in [5.74, 6) is 0. The second-order valence-electron chi connectivity index (χ2n) is 4.82. The van der Waals surface area contributed by atoms with Crippen LogP contribution in [-0.2, 0) is 23.0 Å².